The average Bonchev–Trinajstić information content (AvgIpc) is 3.42. The molecule has 0 aliphatic heterocycles. The monoisotopic (exact) mass is 547 g/mol. The standard InChI is InChI=1S/C30H33N3O3S2/c1-3-5-20-33(21-6-4-2)38(35,36)27-18-16-26(17-19-27)29(34)32-30-31-28(22-37-30)25-14-12-24(13-15-25)23-10-8-7-9-11-23/h7-19,22H,3-6,20-21H2,1-2H3,(H,31,32,34). The van der Waals surface area contributed by atoms with Crippen molar-refractivity contribution >= 4 is 32.4 Å². The number of carbonyl (C=O) groups is 1. The number of anilines is 1. The summed E-state index contributed by atoms with van der Waals surface area (Å²) in [6.07, 6.45) is 3.48. The van der Waals surface area contributed by atoms with E-state index >= 15 is 0 Å². The molecule has 1 N–H and O–H groups in total. The van der Waals surface area contributed by atoms with Crippen LogP contribution in [0.15, 0.2) is 89.1 Å². The van der Waals surface area contributed by atoms with Gasteiger partial charge in [-0.25, -0.2) is 13.4 Å². The summed E-state index contributed by atoms with van der Waals surface area (Å²) in [7, 11) is -3.60. The summed E-state index contributed by atoms with van der Waals surface area (Å²) in [5, 5.41) is 5.22. The number of unbranched alkanes of at least 4 members (excludes halogenated alkanes) is 2. The fourth-order valence-electron chi connectivity index (χ4n) is 4.05. The zero-order valence-electron chi connectivity index (χ0n) is 21.8. The largest absolute Gasteiger partial charge is 0.298 e. The average molecular weight is 548 g/mol. The van der Waals surface area contributed by atoms with E-state index in [9.17, 15) is 13.2 Å². The summed E-state index contributed by atoms with van der Waals surface area (Å²) in [5.41, 5.74) is 4.40. The molecule has 198 valence electrons. The number of aromatic nitrogens is 1. The van der Waals surface area contributed by atoms with Gasteiger partial charge in [0.25, 0.3) is 5.91 Å². The summed E-state index contributed by atoms with van der Waals surface area (Å²) in [6.45, 7) is 5.10. The molecule has 8 heteroatoms. The second kappa shape index (κ2) is 13.0. The van der Waals surface area contributed by atoms with Crippen molar-refractivity contribution in [2.45, 2.75) is 44.4 Å². The summed E-state index contributed by atoms with van der Waals surface area (Å²) < 4.78 is 27.9. The molecule has 1 amide bonds. The van der Waals surface area contributed by atoms with Gasteiger partial charge in [-0.05, 0) is 48.2 Å². The van der Waals surface area contributed by atoms with E-state index in [1.54, 1.807) is 16.4 Å². The van der Waals surface area contributed by atoms with Crippen molar-refractivity contribution in [1.29, 1.82) is 0 Å². The zero-order chi connectivity index (χ0) is 27.0. The van der Waals surface area contributed by atoms with Crippen molar-refractivity contribution in [2.24, 2.45) is 0 Å². The molecule has 0 aliphatic rings. The van der Waals surface area contributed by atoms with Crippen molar-refractivity contribution in [3.63, 3.8) is 0 Å². The lowest BCUT2D eigenvalue weighted by atomic mass is 10.0. The van der Waals surface area contributed by atoms with Crippen LogP contribution in [0.1, 0.15) is 49.9 Å². The first kappa shape index (κ1) is 27.7. The summed E-state index contributed by atoms with van der Waals surface area (Å²) >= 11 is 1.35. The number of nitrogens with zero attached hydrogens (tertiary/aromatic N) is 2. The molecule has 0 bridgehead atoms. The van der Waals surface area contributed by atoms with Crippen LogP contribution in [0.5, 0.6) is 0 Å². The highest BCUT2D eigenvalue weighted by Crippen LogP contribution is 2.28. The maximum absolute atomic E-state index is 13.2. The summed E-state index contributed by atoms with van der Waals surface area (Å²) in [6, 6.07) is 24.5. The molecule has 3 aromatic carbocycles. The third-order valence-electron chi connectivity index (χ3n) is 6.29. The second-order valence-electron chi connectivity index (χ2n) is 9.07. The van der Waals surface area contributed by atoms with E-state index in [2.05, 4.69) is 34.6 Å². The van der Waals surface area contributed by atoms with Gasteiger partial charge in [0.05, 0.1) is 10.6 Å². The Hall–Kier alpha value is -3.33. The lowest BCUT2D eigenvalue weighted by Crippen LogP contribution is -2.33. The number of rotatable bonds is 12. The maximum Gasteiger partial charge on any atom is 0.257 e. The van der Waals surface area contributed by atoms with Crippen LogP contribution in [0.2, 0.25) is 0 Å². The second-order valence-corrected chi connectivity index (χ2v) is 11.9. The number of nitrogens with one attached hydrogen (secondary N) is 1. The Morgan fingerprint density at radius 1 is 0.816 bits per heavy atom. The van der Waals surface area contributed by atoms with Crippen LogP contribution >= 0.6 is 11.3 Å². The SMILES string of the molecule is CCCCN(CCCC)S(=O)(=O)c1ccc(C(=O)Nc2nc(-c3ccc(-c4ccccc4)cc3)cs2)cc1. The molecular formula is C30H33N3O3S2. The van der Waals surface area contributed by atoms with Gasteiger partial charge in [0.1, 0.15) is 0 Å². The van der Waals surface area contributed by atoms with Gasteiger partial charge in [0.2, 0.25) is 10.0 Å². The maximum atomic E-state index is 13.2. The summed E-state index contributed by atoms with van der Waals surface area (Å²) in [5.74, 6) is -0.330. The predicted octanol–water partition coefficient (Wildman–Crippen LogP) is 7.32. The molecule has 0 atom stereocenters. The number of thiazole rings is 1. The van der Waals surface area contributed by atoms with Crippen LogP contribution in [-0.4, -0.2) is 36.7 Å². The Labute approximate surface area is 229 Å². The lowest BCUT2D eigenvalue weighted by Gasteiger charge is -2.22. The van der Waals surface area contributed by atoms with Crippen LogP contribution in [-0.2, 0) is 10.0 Å². The fraction of sp³-hybridized carbons (Fsp3) is 0.267. The van der Waals surface area contributed by atoms with Gasteiger partial charge >= 0.3 is 0 Å². The third-order valence-corrected chi connectivity index (χ3v) is 8.96. The van der Waals surface area contributed by atoms with Crippen molar-refractivity contribution in [2.75, 3.05) is 18.4 Å². The van der Waals surface area contributed by atoms with Crippen LogP contribution < -0.4 is 5.32 Å². The third kappa shape index (κ3) is 6.75. The highest BCUT2D eigenvalue weighted by Gasteiger charge is 2.24. The first-order valence-corrected chi connectivity index (χ1v) is 15.3. The van der Waals surface area contributed by atoms with Gasteiger partial charge in [-0.2, -0.15) is 4.31 Å². The van der Waals surface area contributed by atoms with Crippen LogP contribution in [0.25, 0.3) is 22.4 Å². The van der Waals surface area contributed by atoms with Crippen molar-refractivity contribution in [1.82, 2.24) is 9.29 Å². The molecule has 0 spiro atoms. The highest BCUT2D eigenvalue weighted by molar-refractivity contribution is 7.89. The van der Waals surface area contributed by atoms with E-state index in [0.29, 0.717) is 23.8 Å². The number of benzene rings is 3. The molecule has 1 aromatic heterocycles. The summed E-state index contributed by atoms with van der Waals surface area (Å²) in [4.78, 5) is 17.6. The molecule has 0 saturated heterocycles. The number of amides is 1. The number of hydrogen-bond acceptors (Lipinski definition) is 5. The van der Waals surface area contributed by atoms with Crippen LogP contribution in [0, 0.1) is 0 Å². The minimum atomic E-state index is -3.60. The molecule has 0 fully saturated rings. The van der Waals surface area contributed by atoms with E-state index in [4.69, 9.17) is 0 Å². The molecule has 0 radical (unpaired) electrons. The smallest absolute Gasteiger partial charge is 0.257 e. The van der Waals surface area contributed by atoms with Gasteiger partial charge in [-0.15, -0.1) is 11.3 Å². The highest BCUT2D eigenvalue weighted by atomic mass is 32.2. The number of sulfonamides is 1. The molecule has 0 saturated carbocycles. The topological polar surface area (TPSA) is 79.4 Å². The van der Waals surface area contributed by atoms with Gasteiger partial charge in [0.15, 0.2) is 5.13 Å². The van der Waals surface area contributed by atoms with E-state index < -0.39 is 10.0 Å². The molecule has 6 nitrogen and oxygen atoms in total. The van der Waals surface area contributed by atoms with E-state index in [0.717, 1.165) is 48.1 Å². The van der Waals surface area contributed by atoms with Crippen LogP contribution in [0.3, 0.4) is 0 Å². The van der Waals surface area contributed by atoms with E-state index in [1.165, 1.54) is 23.5 Å². The Morgan fingerprint density at radius 2 is 1.39 bits per heavy atom. The van der Waals surface area contributed by atoms with Crippen LogP contribution in [0.4, 0.5) is 5.13 Å². The van der Waals surface area contributed by atoms with Gasteiger partial charge in [0, 0.05) is 29.6 Å². The van der Waals surface area contributed by atoms with Crippen molar-refractivity contribution < 1.29 is 13.2 Å². The molecule has 4 aromatic rings. The quantitative estimate of drug-likeness (QED) is 0.202. The Bertz CT molecular complexity index is 1420. The van der Waals surface area contributed by atoms with E-state index in [1.807, 2.05) is 49.6 Å². The normalized spacial score (nSPS) is 11.6. The molecule has 0 unspecified atom stereocenters. The molecule has 4 rings (SSSR count). The van der Waals surface area contributed by atoms with E-state index in [-0.39, 0.29) is 10.8 Å². The zero-order valence-corrected chi connectivity index (χ0v) is 23.4. The minimum Gasteiger partial charge on any atom is -0.298 e. The van der Waals surface area contributed by atoms with Crippen molar-refractivity contribution in [3.8, 4) is 22.4 Å². The van der Waals surface area contributed by atoms with Gasteiger partial charge < -0.3 is 0 Å². The van der Waals surface area contributed by atoms with Gasteiger partial charge in [-0.1, -0.05) is 81.3 Å². The number of carbonyl (C=O) groups excluding carboxylic acids is 1. The Kier molecular flexibility index (Phi) is 9.44. The first-order valence-electron chi connectivity index (χ1n) is 12.9. The molecule has 0 aliphatic carbocycles. The number of hydrogen-bond donors (Lipinski definition) is 1. The lowest BCUT2D eigenvalue weighted by molar-refractivity contribution is 0.102. The Morgan fingerprint density at radius 3 is 2.00 bits per heavy atom. The molecule has 1 heterocycles. The Balaban J connectivity index is 1.42. The molecule has 38 heavy (non-hydrogen) atoms. The predicted molar refractivity (Wildman–Crippen MR) is 156 cm³/mol. The van der Waals surface area contributed by atoms with Crippen molar-refractivity contribution in [3.05, 3.63) is 89.8 Å². The minimum absolute atomic E-state index is 0.205. The first-order chi connectivity index (χ1) is 18.4. The fourth-order valence-corrected chi connectivity index (χ4v) is 6.28. The van der Waals surface area contributed by atoms with Gasteiger partial charge in [-0.3, -0.25) is 10.1 Å². The molecular weight excluding hydrogens is 514 g/mol.